The lowest BCUT2D eigenvalue weighted by Gasteiger charge is -2.09. The van der Waals surface area contributed by atoms with Crippen molar-refractivity contribution in [1.29, 1.82) is 0 Å². The minimum atomic E-state index is 0.743. The first-order chi connectivity index (χ1) is 10.7. The fourth-order valence-electron chi connectivity index (χ4n) is 2.88. The largest absolute Gasteiger partial charge is 0.248 e. The smallest absolute Gasteiger partial charge is 0.0739 e. The fraction of sp³-hybridized carbons (Fsp3) is 0.0500. The van der Waals surface area contributed by atoms with E-state index in [9.17, 15) is 0 Å². The van der Waals surface area contributed by atoms with E-state index >= 15 is 0 Å². The zero-order valence-corrected chi connectivity index (χ0v) is 12.9. The van der Waals surface area contributed by atoms with Gasteiger partial charge in [-0.1, -0.05) is 48.0 Å². The molecule has 0 radical (unpaired) electrons. The van der Waals surface area contributed by atoms with E-state index in [2.05, 4.69) is 55.5 Å². The molecule has 0 saturated heterocycles. The molecule has 0 bridgehead atoms. The maximum absolute atomic E-state index is 6.07. The Hall–Kier alpha value is -2.38. The Morgan fingerprint density at radius 1 is 0.773 bits per heavy atom. The summed E-state index contributed by atoms with van der Waals surface area (Å²) in [6.07, 6.45) is 0. The molecule has 4 aromatic rings. The van der Waals surface area contributed by atoms with Crippen LogP contribution in [0.3, 0.4) is 0 Å². The summed E-state index contributed by atoms with van der Waals surface area (Å²) in [4.78, 5) is 4.83. The number of hydrogen-bond acceptors (Lipinski definition) is 1. The molecule has 0 aliphatic carbocycles. The van der Waals surface area contributed by atoms with Crippen molar-refractivity contribution in [1.82, 2.24) is 4.98 Å². The Labute approximate surface area is 134 Å². The number of benzene rings is 3. The number of nitrogens with zero attached hydrogens (tertiary/aromatic N) is 1. The first-order valence-electron chi connectivity index (χ1n) is 7.27. The van der Waals surface area contributed by atoms with E-state index in [0.717, 1.165) is 32.7 Å². The monoisotopic (exact) mass is 303 g/mol. The molecule has 0 amide bonds. The number of hydrogen-bond donors (Lipinski definition) is 0. The van der Waals surface area contributed by atoms with Gasteiger partial charge in [-0.25, -0.2) is 4.98 Å². The van der Waals surface area contributed by atoms with Crippen LogP contribution in [-0.4, -0.2) is 4.98 Å². The van der Waals surface area contributed by atoms with Gasteiger partial charge in [0, 0.05) is 16.0 Å². The maximum Gasteiger partial charge on any atom is 0.0739 e. The normalized spacial score (nSPS) is 11.2. The number of pyridine rings is 1. The second-order valence-corrected chi connectivity index (χ2v) is 5.99. The molecule has 3 aromatic carbocycles. The molecular weight excluding hydrogens is 290 g/mol. The lowest BCUT2D eigenvalue weighted by molar-refractivity contribution is 1.33. The standard InChI is InChI=1S/C20H14ClN/c1-13-10-17-12-18(21)8-9-19(17)22-20(13)16-7-6-14-4-2-3-5-15(14)11-16/h2-12H,1H3. The molecular formula is C20H14ClN. The molecule has 106 valence electrons. The fourth-order valence-corrected chi connectivity index (χ4v) is 3.06. The van der Waals surface area contributed by atoms with Crippen LogP contribution in [0, 0.1) is 6.92 Å². The van der Waals surface area contributed by atoms with Crippen molar-refractivity contribution >= 4 is 33.3 Å². The van der Waals surface area contributed by atoms with Gasteiger partial charge in [-0.05, 0) is 53.6 Å². The Bertz CT molecular complexity index is 1000. The molecule has 1 heterocycles. The molecule has 1 nitrogen and oxygen atoms in total. The van der Waals surface area contributed by atoms with Crippen LogP contribution in [0.25, 0.3) is 32.9 Å². The van der Waals surface area contributed by atoms with Crippen LogP contribution >= 0.6 is 11.6 Å². The predicted molar refractivity (Wildman–Crippen MR) is 94.4 cm³/mol. The second kappa shape index (κ2) is 5.11. The Balaban J connectivity index is 1.94. The third-order valence-electron chi connectivity index (χ3n) is 3.99. The van der Waals surface area contributed by atoms with Gasteiger partial charge in [-0.15, -0.1) is 0 Å². The van der Waals surface area contributed by atoms with Crippen LogP contribution in [0.4, 0.5) is 0 Å². The van der Waals surface area contributed by atoms with E-state index in [1.165, 1.54) is 10.8 Å². The van der Waals surface area contributed by atoms with E-state index in [4.69, 9.17) is 16.6 Å². The third kappa shape index (κ3) is 2.24. The van der Waals surface area contributed by atoms with Crippen LogP contribution in [0.15, 0.2) is 66.7 Å². The topological polar surface area (TPSA) is 12.9 Å². The number of fused-ring (bicyclic) bond motifs is 2. The Morgan fingerprint density at radius 2 is 1.59 bits per heavy atom. The van der Waals surface area contributed by atoms with Crippen molar-refractivity contribution in [2.75, 3.05) is 0 Å². The van der Waals surface area contributed by atoms with Crippen LogP contribution in [0.2, 0.25) is 5.02 Å². The quantitative estimate of drug-likeness (QED) is 0.419. The molecule has 22 heavy (non-hydrogen) atoms. The van der Waals surface area contributed by atoms with Gasteiger partial charge < -0.3 is 0 Å². The highest BCUT2D eigenvalue weighted by molar-refractivity contribution is 6.31. The molecule has 0 spiro atoms. The van der Waals surface area contributed by atoms with Crippen LogP contribution < -0.4 is 0 Å². The Kier molecular flexibility index (Phi) is 3.09. The van der Waals surface area contributed by atoms with Crippen molar-refractivity contribution in [2.24, 2.45) is 0 Å². The van der Waals surface area contributed by atoms with Crippen molar-refractivity contribution < 1.29 is 0 Å². The van der Waals surface area contributed by atoms with Gasteiger partial charge in [0.15, 0.2) is 0 Å². The molecule has 0 aliphatic heterocycles. The summed E-state index contributed by atoms with van der Waals surface area (Å²) in [7, 11) is 0. The summed E-state index contributed by atoms with van der Waals surface area (Å²) in [5.74, 6) is 0. The predicted octanol–water partition coefficient (Wildman–Crippen LogP) is 6.02. The van der Waals surface area contributed by atoms with Gasteiger partial charge in [0.2, 0.25) is 0 Å². The summed E-state index contributed by atoms with van der Waals surface area (Å²) in [5, 5.41) is 4.30. The molecule has 0 saturated carbocycles. The SMILES string of the molecule is Cc1cc2cc(Cl)ccc2nc1-c1ccc2ccccc2c1. The van der Waals surface area contributed by atoms with Crippen molar-refractivity contribution in [3.63, 3.8) is 0 Å². The minimum Gasteiger partial charge on any atom is -0.248 e. The number of aryl methyl sites for hydroxylation is 1. The number of aromatic nitrogens is 1. The average molecular weight is 304 g/mol. The summed E-state index contributed by atoms with van der Waals surface area (Å²) >= 11 is 6.07. The third-order valence-corrected chi connectivity index (χ3v) is 4.23. The molecule has 4 rings (SSSR count). The summed E-state index contributed by atoms with van der Waals surface area (Å²) in [6.45, 7) is 2.10. The van der Waals surface area contributed by atoms with E-state index < -0.39 is 0 Å². The molecule has 0 unspecified atom stereocenters. The van der Waals surface area contributed by atoms with Crippen LogP contribution in [0.1, 0.15) is 5.56 Å². The van der Waals surface area contributed by atoms with Gasteiger partial charge in [0.1, 0.15) is 0 Å². The zero-order chi connectivity index (χ0) is 15.1. The summed E-state index contributed by atoms with van der Waals surface area (Å²) in [5.41, 5.74) is 4.30. The molecule has 1 aromatic heterocycles. The minimum absolute atomic E-state index is 0.743. The van der Waals surface area contributed by atoms with E-state index in [1.54, 1.807) is 0 Å². The highest BCUT2D eigenvalue weighted by Crippen LogP contribution is 2.29. The van der Waals surface area contributed by atoms with E-state index in [1.807, 2.05) is 18.2 Å². The average Bonchev–Trinajstić information content (AvgIpc) is 2.53. The second-order valence-electron chi connectivity index (χ2n) is 5.55. The van der Waals surface area contributed by atoms with Gasteiger partial charge in [0.25, 0.3) is 0 Å². The van der Waals surface area contributed by atoms with E-state index in [0.29, 0.717) is 0 Å². The van der Waals surface area contributed by atoms with Crippen molar-refractivity contribution in [3.8, 4) is 11.3 Å². The zero-order valence-electron chi connectivity index (χ0n) is 12.2. The lowest BCUT2D eigenvalue weighted by Crippen LogP contribution is -1.90. The van der Waals surface area contributed by atoms with Crippen molar-refractivity contribution in [3.05, 3.63) is 77.3 Å². The van der Waals surface area contributed by atoms with Gasteiger partial charge in [-0.3, -0.25) is 0 Å². The van der Waals surface area contributed by atoms with Gasteiger partial charge >= 0.3 is 0 Å². The Morgan fingerprint density at radius 3 is 2.45 bits per heavy atom. The van der Waals surface area contributed by atoms with Crippen LogP contribution in [0.5, 0.6) is 0 Å². The maximum atomic E-state index is 6.07. The first-order valence-corrected chi connectivity index (χ1v) is 7.64. The molecule has 0 atom stereocenters. The summed E-state index contributed by atoms with van der Waals surface area (Å²) in [6, 6.07) is 22.8. The number of rotatable bonds is 1. The molecule has 0 aliphatic rings. The number of halogens is 1. The van der Waals surface area contributed by atoms with E-state index in [-0.39, 0.29) is 0 Å². The highest BCUT2D eigenvalue weighted by Gasteiger charge is 2.07. The molecule has 0 N–H and O–H groups in total. The lowest BCUT2D eigenvalue weighted by atomic mass is 10.0. The first kappa shape index (κ1) is 13.3. The molecule has 0 fully saturated rings. The van der Waals surface area contributed by atoms with Crippen LogP contribution in [-0.2, 0) is 0 Å². The molecule has 2 heteroatoms. The van der Waals surface area contributed by atoms with Crippen molar-refractivity contribution in [2.45, 2.75) is 6.92 Å². The summed E-state index contributed by atoms with van der Waals surface area (Å²) < 4.78 is 0. The van der Waals surface area contributed by atoms with Gasteiger partial charge in [-0.2, -0.15) is 0 Å². The highest BCUT2D eigenvalue weighted by atomic mass is 35.5. The van der Waals surface area contributed by atoms with Gasteiger partial charge in [0.05, 0.1) is 11.2 Å².